The van der Waals surface area contributed by atoms with Gasteiger partial charge >= 0.3 is 0 Å². The van der Waals surface area contributed by atoms with Crippen LogP contribution in [0.25, 0.3) is 0 Å². The van der Waals surface area contributed by atoms with Crippen molar-refractivity contribution >= 4 is 17.5 Å². The van der Waals surface area contributed by atoms with Crippen molar-refractivity contribution in [3.8, 4) is 0 Å². The molecule has 0 spiro atoms. The fraction of sp³-hybridized carbons (Fsp3) is 0.667. The number of pyridine rings is 1. The Kier molecular flexibility index (Phi) is 7.60. The molecule has 3 aliphatic rings. The zero-order valence-corrected chi connectivity index (χ0v) is 20.5. The predicted molar refractivity (Wildman–Crippen MR) is 137 cm³/mol. The zero-order chi connectivity index (χ0) is 23.3. The summed E-state index contributed by atoms with van der Waals surface area (Å²) in [4.78, 5) is 16.6. The molecule has 34 heavy (non-hydrogen) atoms. The van der Waals surface area contributed by atoms with E-state index < -0.39 is 0 Å². The van der Waals surface area contributed by atoms with Gasteiger partial charge in [-0.15, -0.1) is 0 Å². The molecule has 0 bridgehead atoms. The molecular formula is C27H40N6O. The molecule has 1 aliphatic heterocycles. The number of piperidine rings is 1. The first-order chi connectivity index (χ1) is 16.6. The monoisotopic (exact) mass is 464 g/mol. The van der Waals surface area contributed by atoms with E-state index in [2.05, 4.69) is 20.5 Å². The molecule has 0 amide bonds. The number of hydrogen-bond acceptors (Lipinski definition) is 7. The van der Waals surface area contributed by atoms with Gasteiger partial charge in [-0.2, -0.15) is 4.98 Å². The number of nitrogens with zero attached hydrogens (tertiary/aromatic N) is 4. The van der Waals surface area contributed by atoms with Crippen LogP contribution in [-0.2, 0) is 0 Å². The summed E-state index contributed by atoms with van der Waals surface area (Å²) in [6, 6.07) is 4.31. The van der Waals surface area contributed by atoms with Crippen molar-refractivity contribution in [2.24, 2.45) is 5.92 Å². The molecule has 0 radical (unpaired) electrons. The fourth-order valence-electron chi connectivity index (χ4n) is 6.02. The van der Waals surface area contributed by atoms with E-state index >= 15 is 0 Å². The molecule has 0 aromatic carbocycles. The van der Waals surface area contributed by atoms with E-state index in [0.717, 1.165) is 48.8 Å². The van der Waals surface area contributed by atoms with E-state index in [1.165, 1.54) is 63.7 Å². The molecule has 3 heterocycles. The molecule has 5 rings (SSSR count). The minimum Gasteiger partial charge on any atom is -0.393 e. The zero-order valence-electron chi connectivity index (χ0n) is 20.5. The van der Waals surface area contributed by atoms with E-state index in [9.17, 15) is 5.11 Å². The van der Waals surface area contributed by atoms with Gasteiger partial charge in [0.05, 0.1) is 6.10 Å². The van der Waals surface area contributed by atoms with E-state index in [-0.39, 0.29) is 6.10 Å². The maximum Gasteiger partial charge on any atom is 0.229 e. The van der Waals surface area contributed by atoms with Crippen LogP contribution in [-0.4, -0.2) is 56.7 Å². The van der Waals surface area contributed by atoms with Crippen LogP contribution in [0.4, 0.5) is 17.5 Å². The molecule has 3 fully saturated rings. The minimum atomic E-state index is -0.153. The lowest BCUT2D eigenvalue weighted by atomic mass is 9.89. The van der Waals surface area contributed by atoms with Gasteiger partial charge in [0, 0.05) is 41.9 Å². The van der Waals surface area contributed by atoms with Crippen molar-refractivity contribution in [1.82, 2.24) is 19.9 Å². The first-order valence-electron chi connectivity index (χ1n) is 13.4. The molecule has 3 N–H and O–H groups in total. The Hall–Kier alpha value is -2.25. The van der Waals surface area contributed by atoms with Gasteiger partial charge in [-0.25, -0.2) is 4.98 Å². The Morgan fingerprint density at radius 3 is 2.50 bits per heavy atom. The number of hydrogen-bond donors (Lipinski definition) is 3. The second-order valence-electron chi connectivity index (χ2n) is 10.7. The highest BCUT2D eigenvalue weighted by Gasteiger charge is 2.28. The number of nitrogens with one attached hydrogen (secondary N) is 2. The Labute approximate surface area is 203 Å². The van der Waals surface area contributed by atoms with Crippen LogP contribution in [0.5, 0.6) is 0 Å². The summed E-state index contributed by atoms with van der Waals surface area (Å²) < 4.78 is 0. The Bertz CT molecular complexity index is 930. The summed E-state index contributed by atoms with van der Waals surface area (Å²) in [6.45, 7) is 5.62. The summed E-state index contributed by atoms with van der Waals surface area (Å²) in [5.74, 6) is 3.00. The van der Waals surface area contributed by atoms with Gasteiger partial charge in [0.25, 0.3) is 0 Å². The third-order valence-electron chi connectivity index (χ3n) is 8.03. The van der Waals surface area contributed by atoms with Crippen LogP contribution >= 0.6 is 0 Å². The van der Waals surface area contributed by atoms with E-state index in [0.29, 0.717) is 17.9 Å². The van der Waals surface area contributed by atoms with Crippen molar-refractivity contribution in [2.75, 3.05) is 30.3 Å². The van der Waals surface area contributed by atoms with Gasteiger partial charge in [-0.05, 0) is 95.3 Å². The third kappa shape index (κ3) is 6.05. The fourth-order valence-corrected chi connectivity index (χ4v) is 6.02. The third-order valence-corrected chi connectivity index (χ3v) is 8.03. The van der Waals surface area contributed by atoms with Crippen LogP contribution in [0.3, 0.4) is 0 Å². The number of aromatic nitrogens is 3. The van der Waals surface area contributed by atoms with Crippen molar-refractivity contribution in [2.45, 2.75) is 89.2 Å². The van der Waals surface area contributed by atoms with Crippen molar-refractivity contribution in [3.63, 3.8) is 0 Å². The summed E-state index contributed by atoms with van der Waals surface area (Å²) in [5, 5.41) is 17.0. The average Bonchev–Trinajstić information content (AvgIpc) is 3.35. The second kappa shape index (κ2) is 11.0. The predicted octanol–water partition coefficient (Wildman–Crippen LogP) is 5.01. The minimum absolute atomic E-state index is 0.153. The highest BCUT2D eigenvalue weighted by Crippen LogP contribution is 2.35. The molecular weight excluding hydrogens is 424 g/mol. The molecule has 0 atom stereocenters. The Morgan fingerprint density at radius 2 is 1.76 bits per heavy atom. The first kappa shape index (κ1) is 23.5. The van der Waals surface area contributed by atoms with E-state index in [1.54, 1.807) is 6.20 Å². The van der Waals surface area contributed by atoms with Crippen LogP contribution in [0.15, 0.2) is 24.5 Å². The van der Waals surface area contributed by atoms with Crippen LogP contribution in [0, 0.1) is 12.8 Å². The average molecular weight is 465 g/mol. The molecule has 2 aliphatic carbocycles. The Morgan fingerprint density at radius 1 is 1.00 bits per heavy atom. The first-order valence-corrected chi connectivity index (χ1v) is 13.4. The molecule has 2 aromatic rings. The van der Waals surface area contributed by atoms with E-state index in [4.69, 9.17) is 9.97 Å². The molecule has 7 nitrogen and oxygen atoms in total. The van der Waals surface area contributed by atoms with Crippen LogP contribution in [0.2, 0.25) is 0 Å². The standard InChI is InChI=1S/C27H40N6O/c1-19-16-23(10-13-28-19)31-27-29-17-25(26(32-27)30-22-6-8-24(34)9-7-22)21-11-14-33(15-12-21)18-20-4-2-3-5-20/h10,13,16-17,20-22,24,34H,2-9,11-12,14-15,18H2,1H3,(H2,28,29,30,31,32). The number of rotatable bonds is 7. The van der Waals surface area contributed by atoms with Gasteiger partial charge in [-0.3, -0.25) is 4.98 Å². The molecule has 7 heteroatoms. The van der Waals surface area contributed by atoms with Crippen molar-refractivity contribution in [3.05, 3.63) is 35.8 Å². The Balaban J connectivity index is 1.29. The van der Waals surface area contributed by atoms with Gasteiger partial charge < -0.3 is 20.6 Å². The topological polar surface area (TPSA) is 86.2 Å². The van der Waals surface area contributed by atoms with Crippen LogP contribution < -0.4 is 10.6 Å². The van der Waals surface area contributed by atoms with E-state index in [1.807, 2.05) is 25.3 Å². The number of likely N-dealkylation sites (tertiary alicyclic amines) is 1. The highest BCUT2D eigenvalue weighted by molar-refractivity contribution is 5.57. The SMILES string of the molecule is Cc1cc(Nc2ncc(C3CCN(CC4CCCC4)CC3)c(NC3CCC(O)CC3)n2)ccn1. The lowest BCUT2D eigenvalue weighted by Crippen LogP contribution is -2.36. The maximum absolute atomic E-state index is 9.94. The number of aryl methyl sites for hydroxylation is 1. The molecule has 184 valence electrons. The lowest BCUT2D eigenvalue weighted by molar-refractivity contribution is 0.126. The summed E-state index contributed by atoms with van der Waals surface area (Å²) >= 11 is 0. The van der Waals surface area contributed by atoms with Gasteiger partial charge in [0.1, 0.15) is 5.82 Å². The van der Waals surface area contributed by atoms with Gasteiger partial charge in [-0.1, -0.05) is 12.8 Å². The van der Waals surface area contributed by atoms with Crippen molar-refractivity contribution in [1.29, 1.82) is 0 Å². The number of aliphatic hydroxyl groups excluding tert-OH is 1. The van der Waals surface area contributed by atoms with Gasteiger partial charge in [0.2, 0.25) is 5.95 Å². The smallest absolute Gasteiger partial charge is 0.229 e. The molecule has 2 aromatic heterocycles. The quantitative estimate of drug-likeness (QED) is 0.531. The molecule has 1 saturated heterocycles. The lowest BCUT2D eigenvalue weighted by Gasteiger charge is -2.34. The van der Waals surface area contributed by atoms with Crippen molar-refractivity contribution < 1.29 is 5.11 Å². The number of anilines is 3. The second-order valence-corrected chi connectivity index (χ2v) is 10.7. The number of aliphatic hydroxyl groups is 1. The maximum atomic E-state index is 9.94. The normalized spacial score (nSPS) is 24.9. The van der Waals surface area contributed by atoms with Gasteiger partial charge in [0.15, 0.2) is 0 Å². The summed E-state index contributed by atoms with van der Waals surface area (Å²) in [5.41, 5.74) is 3.17. The van der Waals surface area contributed by atoms with Crippen LogP contribution in [0.1, 0.15) is 81.4 Å². The molecule has 2 saturated carbocycles. The summed E-state index contributed by atoms with van der Waals surface area (Å²) in [6.07, 6.45) is 15.4. The highest BCUT2D eigenvalue weighted by atomic mass is 16.3. The largest absolute Gasteiger partial charge is 0.393 e. The molecule has 0 unspecified atom stereocenters. The summed E-state index contributed by atoms with van der Waals surface area (Å²) in [7, 11) is 0.